The Bertz CT molecular complexity index is 614. The Morgan fingerprint density at radius 2 is 1.77 bits per heavy atom. The average molecular weight is 446 g/mol. The molecule has 3 N–H and O–H groups in total. The normalized spacial score (nSPS) is 29.3. The Balaban J connectivity index is 1.93. The van der Waals surface area contributed by atoms with E-state index >= 15 is 0 Å². The molecule has 0 radical (unpaired) electrons. The number of imide groups is 1. The van der Waals surface area contributed by atoms with Gasteiger partial charge in [-0.05, 0) is 6.42 Å². The highest BCUT2D eigenvalue weighted by atomic mass is 31.1. The van der Waals surface area contributed by atoms with Gasteiger partial charge in [-0.15, -0.1) is 9.42 Å². The number of hydrogen-bond donors (Lipinski definition) is 3. The van der Waals surface area contributed by atoms with Crippen LogP contribution in [0.4, 0.5) is 0 Å². The van der Waals surface area contributed by atoms with Gasteiger partial charge in [0.1, 0.15) is 18.3 Å². The highest BCUT2D eigenvalue weighted by molar-refractivity contribution is 7.32. The highest BCUT2D eigenvalue weighted by Gasteiger charge is 2.54. The van der Waals surface area contributed by atoms with Gasteiger partial charge >= 0.3 is 8.25 Å². The van der Waals surface area contributed by atoms with Crippen LogP contribution in [-0.4, -0.2) is 59.4 Å². The lowest BCUT2D eigenvalue weighted by Crippen LogP contribution is -2.47. The summed E-state index contributed by atoms with van der Waals surface area (Å²) in [7, 11) is -2.95. The van der Waals surface area contributed by atoms with Gasteiger partial charge < -0.3 is 14.6 Å². The van der Waals surface area contributed by atoms with Crippen LogP contribution in [0.15, 0.2) is 12.2 Å². The van der Waals surface area contributed by atoms with Crippen molar-refractivity contribution < 1.29 is 38.2 Å². The topological polar surface area (TPSA) is 131 Å². The Labute approximate surface area is 178 Å². The molecule has 2 aliphatic rings. The van der Waals surface area contributed by atoms with Crippen LogP contribution in [-0.2, 0) is 28.2 Å². The zero-order valence-electron chi connectivity index (χ0n) is 17.4. The number of amides is 2. The van der Waals surface area contributed by atoms with E-state index in [1.807, 2.05) is 0 Å². The number of unbranched alkanes of at least 4 members (excludes halogenated alkanes) is 7. The number of aliphatic hydroxyl groups is 1. The number of aliphatic hydroxyl groups excluding tert-OH is 1. The lowest BCUT2D eigenvalue weighted by Gasteiger charge is -2.26. The predicted molar refractivity (Wildman–Crippen MR) is 109 cm³/mol. The van der Waals surface area contributed by atoms with Crippen LogP contribution in [0.2, 0.25) is 0 Å². The molecule has 2 aliphatic heterocycles. The summed E-state index contributed by atoms with van der Waals surface area (Å²) in [6.45, 7) is 2.10. The van der Waals surface area contributed by atoms with Crippen LogP contribution in [0.25, 0.3) is 0 Å². The van der Waals surface area contributed by atoms with Crippen molar-refractivity contribution >= 4 is 20.1 Å². The van der Waals surface area contributed by atoms with Crippen molar-refractivity contribution in [2.45, 2.75) is 82.7 Å². The quantitative estimate of drug-likeness (QED) is 0.210. The van der Waals surface area contributed by atoms with Crippen molar-refractivity contribution in [2.75, 3.05) is 13.2 Å². The van der Waals surface area contributed by atoms with Gasteiger partial charge in [-0.2, -0.15) is 0 Å². The fourth-order valence-corrected chi connectivity index (χ4v) is 4.32. The third-order valence-electron chi connectivity index (χ3n) is 5.40. The summed E-state index contributed by atoms with van der Waals surface area (Å²) in [6, 6.07) is 0. The van der Waals surface area contributed by atoms with Crippen molar-refractivity contribution in [3.63, 3.8) is 0 Å². The Hall–Kier alpha value is -1.22. The van der Waals surface area contributed by atoms with E-state index in [4.69, 9.17) is 14.0 Å². The largest absolute Gasteiger partial charge is 0.695 e. The summed E-state index contributed by atoms with van der Waals surface area (Å²) in [6.07, 6.45) is 8.12. The van der Waals surface area contributed by atoms with Gasteiger partial charge in [-0.3, -0.25) is 14.9 Å². The van der Waals surface area contributed by atoms with Crippen LogP contribution in [0.3, 0.4) is 0 Å². The zero-order chi connectivity index (χ0) is 21.9. The standard InChI is InChI=1S/C20H32NO8P/c1-2-3-4-5-6-7-8-9-12-27-19-17(14-10-11-16(23)21-20(14)24)28-15(13-22)18(19)29-30(25)26/h10-11,14-15,17-19,22H,2-9,12-13H2,1H3,(H-,21,23,24,25,26)/p+1/t14?,15-,17+,18?,19-/m1/s1. The fraction of sp³-hybridized carbons (Fsp3) is 0.800. The molecule has 0 aromatic carbocycles. The molecule has 2 rings (SSSR count). The van der Waals surface area contributed by atoms with Gasteiger partial charge in [0.25, 0.3) is 0 Å². The van der Waals surface area contributed by atoms with Crippen LogP contribution in [0.1, 0.15) is 58.3 Å². The third-order valence-corrected chi connectivity index (χ3v) is 5.83. The second-order valence-corrected chi connectivity index (χ2v) is 8.36. The molecule has 10 heteroatoms. The lowest BCUT2D eigenvalue weighted by atomic mass is 9.93. The molecule has 0 saturated carbocycles. The number of carbonyl (C=O) groups excluding carboxylic acids is 2. The molecule has 1 saturated heterocycles. The van der Waals surface area contributed by atoms with E-state index in [0.29, 0.717) is 6.61 Å². The monoisotopic (exact) mass is 446 g/mol. The van der Waals surface area contributed by atoms with Crippen LogP contribution in [0.5, 0.6) is 0 Å². The smallest absolute Gasteiger partial charge is 0.394 e. The molecule has 1 fully saturated rings. The summed E-state index contributed by atoms with van der Waals surface area (Å²) >= 11 is 0. The number of ether oxygens (including phenoxy) is 2. The number of carbonyl (C=O) groups is 2. The molecule has 170 valence electrons. The molecule has 6 atom stereocenters. The SMILES string of the molecule is CCCCCCCCCCO[C@H]1C(O[P+](=O)O)[C@@H](CO)O[C@H]1C1C=CC(=O)NC1=O. The highest BCUT2D eigenvalue weighted by Crippen LogP contribution is 2.36. The fourth-order valence-electron chi connectivity index (χ4n) is 3.85. The maximum Gasteiger partial charge on any atom is 0.695 e. The summed E-state index contributed by atoms with van der Waals surface area (Å²) < 4.78 is 28.0. The second-order valence-electron chi connectivity index (χ2n) is 7.68. The Kier molecular flexibility index (Phi) is 11.1. The van der Waals surface area contributed by atoms with Gasteiger partial charge in [0, 0.05) is 17.2 Å². The third kappa shape index (κ3) is 7.48. The first-order valence-corrected chi connectivity index (χ1v) is 11.8. The summed E-state index contributed by atoms with van der Waals surface area (Å²) in [5.41, 5.74) is 0. The molecule has 2 heterocycles. The minimum atomic E-state index is -2.95. The van der Waals surface area contributed by atoms with E-state index in [9.17, 15) is 24.2 Å². The number of nitrogens with one attached hydrogen (secondary N) is 1. The van der Waals surface area contributed by atoms with Gasteiger partial charge in [-0.25, -0.2) is 0 Å². The molecule has 2 amide bonds. The first kappa shape index (κ1) is 25.0. The lowest BCUT2D eigenvalue weighted by molar-refractivity contribution is -0.136. The number of rotatable bonds is 14. The van der Waals surface area contributed by atoms with E-state index in [1.54, 1.807) is 0 Å². The van der Waals surface area contributed by atoms with E-state index in [0.717, 1.165) is 19.3 Å². The summed E-state index contributed by atoms with van der Waals surface area (Å²) in [4.78, 5) is 32.8. The Morgan fingerprint density at radius 1 is 1.10 bits per heavy atom. The van der Waals surface area contributed by atoms with Crippen LogP contribution in [0, 0.1) is 5.92 Å². The first-order valence-electron chi connectivity index (χ1n) is 10.7. The van der Waals surface area contributed by atoms with Crippen molar-refractivity contribution in [3.8, 4) is 0 Å². The van der Waals surface area contributed by atoms with E-state index in [-0.39, 0.29) is 0 Å². The predicted octanol–water partition coefficient (Wildman–Crippen LogP) is 2.14. The average Bonchev–Trinajstić information content (AvgIpc) is 3.03. The van der Waals surface area contributed by atoms with E-state index in [1.165, 1.54) is 44.3 Å². The van der Waals surface area contributed by atoms with Crippen molar-refractivity contribution in [3.05, 3.63) is 12.2 Å². The maximum atomic E-state index is 12.3. The molecule has 0 aromatic rings. The molecule has 0 aliphatic carbocycles. The van der Waals surface area contributed by atoms with E-state index in [2.05, 4.69) is 12.2 Å². The van der Waals surface area contributed by atoms with Crippen molar-refractivity contribution in [2.24, 2.45) is 5.92 Å². The molecule has 0 spiro atoms. The summed E-state index contributed by atoms with van der Waals surface area (Å²) in [5, 5.41) is 11.8. The van der Waals surface area contributed by atoms with Gasteiger partial charge in [0.2, 0.25) is 11.8 Å². The molecule has 9 nitrogen and oxygen atoms in total. The first-order chi connectivity index (χ1) is 14.5. The molecule has 0 bridgehead atoms. The second kappa shape index (κ2) is 13.2. The van der Waals surface area contributed by atoms with Gasteiger partial charge in [0.15, 0.2) is 6.10 Å². The molecule has 30 heavy (non-hydrogen) atoms. The van der Waals surface area contributed by atoms with E-state index < -0.39 is 57.0 Å². The van der Waals surface area contributed by atoms with Crippen LogP contribution < -0.4 is 5.32 Å². The zero-order valence-corrected chi connectivity index (χ0v) is 18.3. The number of hydrogen-bond acceptors (Lipinski definition) is 7. The Morgan fingerprint density at radius 3 is 2.37 bits per heavy atom. The molecule has 3 unspecified atom stereocenters. The van der Waals surface area contributed by atoms with Gasteiger partial charge in [0.05, 0.1) is 12.5 Å². The van der Waals surface area contributed by atoms with Crippen molar-refractivity contribution in [1.82, 2.24) is 5.32 Å². The molecular formula is C20H33NO8P+. The molecule has 0 aromatic heterocycles. The minimum absolute atomic E-state index is 0.372. The van der Waals surface area contributed by atoms with Crippen molar-refractivity contribution in [1.29, 1.82) is 0 Å². The summed E-state index contributed by atoms with van der Waals surface area (Å²) in [5.74, 6) is -1.89. The van der Waals surface area contributed by atoms with Gasteiger partial charge in [-0.1, -0.05) is 57.9 Å². The minimum Gasteiger partial charge on any atom is -0.394 e. The van der Waals surface area contributed by atoms with Crippen LogP contribution >= 0.6 is 8.25 Å². The maximum absolute atomic E-state index is 12.3. The molecular weight excluding hydrogens is 413 g/mol.